The van der Waals surface area contributed by atoms with Crippen LogP contribution < -0.4 is 0 Å². The first-order chi connectivity index (χ1) is 47.6. The van der Waals surface area contributed by atoms with Crippen LogP contribution in [0.5, 0.6) is 0 Å². The average Bonchev–Trinajstić information content (AvgIpc) is 1.62. The van der Waals surface area contributed by atoms with Crippen LogP contribution in [0.2, 0.25) is 25.7 Å². The molecule has 5 aromatic carbocycles. The van der Waals surface area contributed by atoms with Crippen molar-refractivity contribution in [3.63, 3.8) is 0 Å². The SMILES string of the molecule is C=CCC.C=CCOC(C)=O.CC.CC.CC(=O)OCC(C)C.CC(=O)OCC1c2ccccc2-c2ccccc21.CC(=O)OCCCCC(C)C.CC(=O)OCc1ccccc1.CC(C)=O.CC(C)C[Si](C)(C)C.CCC.CCC(C)C.CCc1ccc(CO)cc1.CCc1ccccc1. The molecular weight excluding hydrogens is 1280 g/mol. The summed E-state index contributed by atoms with van der Waals surface area (Å²) in [4.78, 5) is 61.2. The summed E-state index contributed by atoms with van der Waals surface area (Å²) in [6.07, 6.45) is 12.6. The molecule has 0 amide bonds. The number of ether oxygens (including phenoxy) is 5. The molecule has 576 valence electrons. The number of esters is 5. The van der Waals surface area contributed by atoms with Gasteiger partial charge in [-0.15, -0.1) is 6.58 Å². The summed E-state index contributed by atoms with van der Waals surface area (Å²) in [6, 6.07) is 46.2. The number of carbonyl (C=O) groups is 6. The first kappa shape index (κ1) is 110. The molecule has 1 aliphatic rings. The highest BCUT2D eigenvalue weighted by atomic mass is 28.3. The molecule has 0 aliphatic heterocycles. The lowest BCUT2D eigenvalue weighted by atomic mass is 9.98. The van der Waals surface area contributed by atoms with E-state index in [1.54, 1.807) is 0 Å². The molecule has 0 saturated heterocycles. The zero-order valence-corrected chi connectivity index (χ0v) is 70.2. The Balaban J connectivity index is -0.000000159. The fourth-order valence-corrected chi connectivity index (χ4v) is 10.00. The summed E-state index contributed by atoms with van der Waals surface area (Å²) < 4.78 is 23.9. The number of fused-ring (bicyclic) bond motifs is 3. The summed E-state index contributed by atoms with van der Waals surface area (Å²) in [7, 11) is -0.720. The standard InChI is InChI=1S/C16H14O2.C9H10O2.C9H18O2.C9H12O.C8H10.C7H18Si.C6H12O2.C5H8O2.C5H12.C4H8.C3H6O.C3H8.2C2H6/c1-11(17)18-10-16-14-8-4-2-6-12(14)13-7-3-5-9-15(13)16;1-8(10)11-7-9-5-3-2-4-6-9;1-8(2)6-4-5-7-11-9(3)10;1-2-8-3-5-9(7-10)6-4-8;1-2-8-6-4-3-5-7-8;1-7(2)6-8(3,4)5;1-5(2)4-8-6(3)7;1-3-4-7-5(2)6;1-4-5(2)3;1-3-4-2;1-3(2)4;1-3-2;2*1-2/h2-9,16H,10H2,1H3;2-6H,7H2,1H3;8H,4-7H2,1-3H3;3-6,10H,2,7H2,1H3;3-7H,2H2,1H3;7H,6H2,1-5H3;5H,4H2,1-3H3;3H,1,4H2,2H3;5H,4H2,1-3H3;3H,1,4H2,2H3;1-2H3;3H2,1-2H3;2*1-2H3. The monoisotopic (exact) mass is 1430 g/mol. The van der Waals surface area contributed by atoms with Gasteiger partial charge in [-0.25, -0.2) is 0 Å². The smallest absolute Gasteiger partial charge is 0.302 e. The van der Waals surface area contributed by atoms with Crippen LogP contribution in [0.4, 0.5) is 0 Å². The molecule has 12 nitrogen and oxygen atoms in total. The van der Waals surface area contributed by atoms with Crippen LogP contribution in [0.15, 0.2) is 159 Å². The molecule has 5 aromatic rings. The van der Waals surface area contributed by atoms with Gasteiger partial charge in [0.1, 0.15) is 25.6 Å². The molecule has 1 N–H and O–H groups in total. The highest BCUT2D eigenvalue weighted by molar-refractivity contribution is 6.76. The molecule has 0 unspecified atom stereocenters. The lowest BCUT2D eigenvalue weighted by molar-refractivity contribution is -0.143. The van der Waals surface area contributed by atoms with Gasteiger partial charge in [0.05, 0.1) is 19.8 Å². The van der Waals surface area contributed by atoms with Gasteiger partial charge in [-0.3, -0.25) is 24.0 Å². The van der Waals surface area contributed by atoms with E-state index < -0.39 is 8.07 Å². The van der Waals surface area contributed by atoms with E-state index in [-0.39, 0.29) is 48.2 Å². The zero-order valence-electron chi connectivity index (χ0n) is 69.2. The predicted molar refractivity (Wildman–Crippen MR) is 437 cm³/mol. The molecule has 0 atom stereocenters. The number of benzene rings is 5. The number of ketones is 1. The van der Waals surface area contributed by atoms with E-state index in [9.17, 15) is 28.8 Å². The van der Waals surface area contributed by atoms with Gasteiger partial charge >= 0.3 is 29.8 Å². The van der Waals surface area contributed by atoms with E-state index in [0.717, 1.165) is 61.0 Å². The molecule has 101 heavy (non-hydrogen) atoms. The van der Waals surface area contributed by atoms with Crippen molar-refractivity contribution in [2.45, 2.75) is 269 Å². The second kappa shape index (κ2) is 78.5. The van der Waals surface area contributed by atoms with Crippen LogP contribution in [0, 0.1) is 23.7 Å². The van der Waals surface area contributed by atoms with Crippen molar-refractivity contribution in [2.24, 2.45) is 23.7 Å². The molecule has 0 bridgehead atoms. The minimum atomic E-state index is -0.720. The van der Waals surface area contributed by atoms with Crippen LogP contribution in [-0.4, -0.2) is 75.2 Å². The Kier molecular flexibility index (Phi) is 85.3. The van der Waals surface area contributed by atoms with Crippen LogP contribution >= 0.6 is 0 Å². The molecule has 0 heterocycles. The van der Waals surface area contributed by atoms with Crippen molar-refractivity contribution >= 4 is 43.7 Å². The van der Waals surface area contributed by atoms with Crippen molar-refractivity contribution in [3.8, 4) is 11.1 Å². The van der Waals surface area contributed by atoms with E-state index in [0.29, 0.717) is 39.0 Å². The largest absolute Gasteiger partial charge is 0.466 e. The van der Waals surface area contributed by atoms with Crippen molar-refractivity contribution in [2.75, 3.05) is 26.4 Å². The fraction of sp³-hybridized carbons (Fsp3) is 0.545. The molecule has 0 spiro atoms. The van der Waals surface area contributed by atoms with Gasteiger partial charge in [-0.1, -0.05) is 322 Å². The normalized spacial score (nSPS) is 9.67. The molecule has 0 saturated carbocycles. The first-order valence-corrected chi connectivity index (χ1v) is 40.6. The maximum Gasteiger partial charge on any atom is 0.302 e. The Bertz CT molecular complexity index is 2620. The van der Waals surface area contributed by atoms with Crippen LogP contribution in [0.25, 0.3) is 11.1 Å². The molecular formula is C88H148O12Si. The van der Waals surface area contributed by atoms with E-state index in [4.69, 9.17) is 19.3 Å². The average molecular weight is 1430 g/mol. The third-order valence-electron chi connectivity index (χ3n) is 12.2. The Morgan fingerprint density at radius 2 is 0.812 bits per heavy atom. The number of aliphatic hydroxyl groups excluding tert-OH is 1. The van der Waals surface area contributed by atoms with Crippen molar-refractivity contribution in [3.05, 3.63) is 192 Å². The molecule has 0 aromatic heterocycles. The lowest BCUT2D eigenvalue weighted by Gasteiger charge is -2.17. The van der Waals surface area contributed by atoms with Crippen LogP contribution in [0.1, 0.15) is 251 Å². The Morgan fingerprint density at radius 3 is 1.08 bits per heavy atom. The van der Waals surface area contributed by atoms with Gasteiger partial charge in [0.25, 0.3) is 0 Å². The number of hydrogen-bond donors (Lipinski definition) is 1. The molecule has 0 radical (unpaired) electrons. The quantitative estimate of drug-likeness (QED) is 0.0258. The minimum absolute atomic E-state index is 0.143. The zero-order chi connectivity index (χ0) is 79.6. The summed E-state index contributed by atoms with van der Waals surface area (Å²) in [5.41, 5.74) is 9.74. The number of aliphatic hydroxyl groups is 1. The minimum Gasteiger partial charge on any atom is -0.466 e. The highest BCUT2D eigenvalue weighted by Gasteiger charge is 2.28. The maximum absolute atomic E-state index is 11.0. The number of unbranched alkanes of at least 4 members (excludes halogenated alkanes) is 1. The third-order valence-corrected chi connectivity index (χ3v) is 14.2. The van der Waals surface area contributed by atoms with E-state index in [1.807, 2.05) is 133 Å². The summed E-state index contributed by atoms with van der Waals surface area (Å²) in [6.45, 7) is 64.9. The molecule has 13 heteroatoms. The summed E-state index contributed by atoms with van der Waals surface area (Å²) >= 11 is 0. The highest BCUT2D eigenvalue weighted by Crippen LogP contribution is 2.44. The number of aryl methyl sites for hydroxylation is 2. The van der Waals surface area contributed by atoms with Crippen molar-refractivity contribution in [1.29, 1.82) is 0 Å². The molecule has 6 rings (SSSR count). The topological polar surface area (TPSA) is 169 Å². The van der Waals surface area contributed by atoms with Crippen LogP contribution in [-0.2, 0) is 78.5 Å². The van der Waals surface area contributed by atoms with Gasteiger partial charge in [0, 0.05) is 48.6 Å². The number of rotatable bonds is 20. The maximum atomic E-state index is 11.0. The van der Waals surface area contributed by atoms with Gasteiger partial charge in [-0.05, 0) is 114 Å². The van der Waals surface area contributed by atoms with E-state index in [1.165, 1.54) is 113 Å². The molecule has 0 fully saturated rings. The van der Waals surface area contributed by atoms with Gasteiger partial charge < -0.3 is 33.6 Å². The van der Waals surface area contributed by atoms with Gasteiger partial charge in [0.2, 0.25) is 0 Å². The van der Waals surface area contributed by atoms with Gasteiger partial charge in [-0.2, -0.15) is 0 Å². The number of allylic oxidation sites excluding steroid dienone is 1. The third kappa shape index (κ3) is 86.9. The van der Waals surface area contributed by atoms with E-state index >= 15 is 0 Å². The molecule has 1 aliphatic carbocycles. The first-order valence-electron chi connectivity index (χ1n) is 36.9. The predicted octanol–water partition coefficient (Wildman–Crippen LogP) is 24.1. The number of hydrogen-bond acceptors (Lipinski definition) is 12. The summed E-state index contributed by atoms with van der Waals surface area (Å²) in [5.74, 6) is 2.23. The number of carbonyl (C=O) groups excluding carboxylic acids is 6. The van der Waals surface area contributed by atoms with Crippen molar-refractivity contribution in [1.82, 2.24) is 0 Å². The Hall–Kier alpha value is -7.22. The summed E-state index contributed by atoms with van der Waals surface area (Å²) in [5, 5.41) is 8.70. The second-order valence-electron chi connectivity index (χ2n) is 25.8. The second-order valence-corrected chi connectivity index (χ2v) is 31.3. The van der Waals surface area contributed by atoms with Crippen LogP contribution in [0.3, 0.4) is 0 Å². The Labute approximate surface area is 620 Å². The van der Waals surface area contributed by atoms with Gasteiger partial charge in [0.15, 0.2) is 0 Å². The van der Waals surface area contributed by atoms with E-state index in [2.05, 4.69) is 174 Å². The number of Topliss-reactive ketones (excluding diaryl/α,β-unsaturated/α-hetero) is 1. The lowest BCUT2D eigenvalue weighted by Crippen LogP contribution is -2.21. The Morgan fingerprint density at radius 1 is 0.455 bits per heavy atom. The van der Waals surface area contributed by atoms with Crippen molar-refractivity contribution < 1.29 is 57.6 Å². The fourth-order valence-electron chi connectivity index (χ4n) is 7.55.